The molecule has 0 atom stereocenters. The van der Waals surface area contributed by atoms with Crippen molar-refractivity contribution in [2.75, 3.05) is 0 Å². The Bertz CT molecular complexity index is 574. The molecule has 2 nitrogen and oxygen atoms in total. The van der Waals surface area contributed by atoms with Gasteiger partial charge in [-0.3, -0.25) is 0 Å². The minimum Gasteiger partial charge on any atom is -0.459 e. The SMILES string of the molecule is CCCCCCC1CCC(C(F)(F)Oc2ccc(OC=C(F)F)cc2)CC1. The summed E-state index contributed by atoms with van der Waals surface area (Å²) in [5.41, 5.74) is 0. The van der Waals surface area contributed by atoms with Gasteiger partial charge in [-0.05, 0) is 55.9 Å². The molecular weight excluding hydrogens is 360 g/mol. The van der Waals surface area contributed by atoms with Crippen LogP contribution >= 0.6 is 0 Å². The highest BCUT2D eigenvalue weighted by Crippen LogP contribution is 2.41. The number of unbranched alkanes of at least 4 members (excludes halogenated alkanes) is 3. The zero-order chi connectivity index (χ0) is 19.7. The average molecular weight is 388 g/mol. The highest BCUT2D eigenvalue weighted by atomic mass is 19.3. The van der Waals surface area contributed by atoms with Crippen LogP contribution in [0.1, 0.15) is 64.7 Å². The van der Waals surface area contributed by atoms with E-state index in [0.29, 0.717) is 25.0 Å². The molecule has 0 bridgehead atoms. The van der Waals surface area contributed by atoms with Crippen molar-refractivity contribution < 1.29 is 27.0 Å². The number of alkyl halides is 2. The molecule has 0 spiro atoms. The van der Waals surface area contributed by atoms with Gasteiger partial charge in [0.2, 0.25) is 0 Å². The van der Waals surface area contributed by atoms with E-state index in [1.165, 1.54) is 49.9 Å². The number of rotatable bonds is 10. The number of ether oxygens (including phenoxy) is 2. The van der Waals surface area contributed by atoms with Gasteiger partial charge in [-0.1, -0.05) is 39.0 Å². The molecule has 6 heteroatoms. The molecule has 0 saturated heterocycles. The van der Waals surface area contributed by atoms with E-state index >= 15 is 0 Å². The predicted octanol–water partition coefficient (Wildman–Crippen LogP) is 7.55. The number of hydrogen-bond acceptors (Lipinski definition) is 2. The topological polar surface area (TPSA) is 18.5 Å². The van der Waals surface area contributed by atoms with Crippen molar-refractivity contribution in [3.05, 3.63) is 36.6 Å². The van der Waals surface area contributed by atoms with E-state index in [2.05, 4.69) is 11.7 Å². The van der Waals surface area contributed by atoms with Crippen LogP contribution in [-0.4, -0.2) is 6.11 Å². The first-order valence-electron chi connectivity index (χ1n) is 9.75. The van der Waals surface area contributed by atoms with Crippen LogP contribution in [0.15, 0.2) is 36.6 Å². The normalized spacial score (nSPS) is 20.2. The molecule has 2 rings (SSSR count). The number of hydrogen-bond donors (Lipinski definition) is 0. The van der Waals surface area contributed by atoms with Gasteiger partial charge in [0, 0.05) is 0 Å². The Kier molecular flexibility index (Phi) is 8.45. The second-order valence-electron chi connectivity index (χ2n) is 7.23. The molecule has 152 valence electrons. The molecule has 1 aromatic rings. The summed E-state index contributed by atoms with van der Waals surface area (Å²) in [4.78, 5) is 0. The highest BCUT2D eigenvalue weighted by molar-refractivity contribution is 5.32. The fourth-order valence-electron chi connectivity index (χ4n) is 3.59. The Morgan fingerprint density at radius 3 is 2.22 bits per heavy atom. The van der Waals surface area contributed by atoms with E-state index < -0.39 is 18.1 Å². The lowest BCUT2D eigenvalue weighted by molar-refractivity contribution is -0.223. The molecule has 0 aliphatic heterocycles. The van der Waals surface area contributed by atoms with Crippen molar-refractivity contribution in [3.63, 3.8) is 0 Å². The molecule has 1 aliphatic rings. The Morgan fingerprint density at radius 1 is 1.00 bits per heavy atom. The van der Waals surface area contributed by atoms with E-state index in [9.17, 15) is 17.6 Å². The molecule has 27 heavy (non-hydrogen) atoms. The van der Waals surface area contributed by atoms with Gasteiger partial charge in [0.1, 0.15) is 11.5 Å². The van der Waals surface area contributed by atoms with Crippen LogP contribution in [0.5, 0.6) is 11.5 Å². The molecule has 1 saturated carbocycles. The second kappa shape index (κ2) is 10.6. The minimum atomic E-state index is -3.24. The molecule has 0 amide bonds. The van der Waals surface area contributed by atoms with E-state index in [1.54, 1.807) is 0 Å². The Morgan fingerprint density at radius 2 is 1.63 bits per heavy atom. The van der Waals surface area contributed by atoms with Crippen LogP contribution in [0, 0.1) is 11.8 Å². The minimum absolute atomic E-state index is 0.00117. The van der Waals surface area contributed by atoms with Crippen LogP contribution in [-0.2, 0) is 0 Å². The monoisotopic (exact) mass is 388 g/mol. The van der Waals surface area contributed by atoms with Gasteiger partial charge < -0.3 is 9.47 Å². The summed E-state index contributed by atoms with van der Waals surface area (Å²) in [5, 5.41) is 0. The van der Waals surface area contributed by atoms with Crippen molar-refractivity contribution >= 4 is 0 Å². The third-order valence-corrected chi connectivity index (χ3v) is 5.15. The molecule has 1 fully saturated rings. The van der Waals surface area contributed by atoms with E-state index in [-0.39, 0.29) is 11.5 Å². The maximum absolute atomic E-state index is 14.5. The number of halogens is 4. The summed E-state index contributed by atoms with van der Waals surface area (Å²) < 4.78 is 62.5. The lowest BCUT2D eigenvalue weighted by Crippen LogP contribution is -2.37. The zero-order valence-corrected chi connectivity index (χ0v) is 15.7. The van der Waals surface area contributed by atoms with Gasteiger partial charge in [0.25, 0.3) is 0 Å². The van der Waals surface area contributed by atoms with Crippen LogP contribution in [0.2, 0.25) is 0 Å². The lowest BCUT2D eigenvalue weighted by atomic mass is 9.79. The third-order valence-electron chi connectivity index (χ3n) is 5.15. The van der Waals surface area contributed by atoms with E-state index in [1.807, 2.05) is 0 Å². The van der Waals surface area contributed by atoms with Gasteiger partial charge >= 0.3 is 12.2 Å². The molecule has 0 aromatic heterocycles. The summed E-state index contributed by atoms with van der Waals surface area (Å²) in [5.74, 6) is -0.112. The van der Waals surface area contributed by atoms with Crippen molar-refractivity contribution in [3.8, 4) is 11.5 Å². The molecule has 0 heterocycles. The summed E-state index contributed by atoms with van der Waals surface area (Å²) in [6, 6.07) is 5.23. The molecule has 1 aliphatic carbocycles. The van der Waals surface area contributed by atoms with Crippen LogP contribution < -0.4 is 9.47 Å². The molecular formula is C21H28F4O2. The van der Waals surface area contributed by atoms with Crippen molar-refractivity contribution in [1.82, 2.24) is 0 Å². The second-order valence-corrected chi connectivity index (χ2v) is 7.23. The Balaban J connectivity index is 1.80. The maximum atomic E-state index is 14.5. The number of benzene rings is 1. The summed E-state index contributed by atoms with van der Waals surface area (Å²) in [6.45, 7) is 2.18. The van der Waals surface area contributed by atoms with Gasteiger partial charge in [0.05, 0.1) is 5.92 Å². The fourth-order valence-corrected chi connectivity index (χ4v) is 3.59. The van der Waals surface area contributed by atoms with Crippen molar-refractivity contribution in [1.29, 1.82) is 0 Å². The largest absolute Gasteiger partial charge is 0.459 e. The summed E-state index contributed by atoms with van der Waals surface area (Å²) in [6.07, 6.45) is 3.66. The van der Waals surface area contributed by atoms with Crippen molar-refractivity contribution in [2.24, 2.45) is 11.8 Å². The first kappa shape index (κ1) is 21.6. The van der Waals surface area contributed by atoms with E-state index in [0.717, 1.165) is 19.3 Å². The van der Waals surface area contributed by atoms with Crippen LogP contribution in [0.3, 0.4) is 0 Å². The first-order chi connectivity index (χ1) is 12.9. The van der Waals surface area contributed by atoms with Crippen LogP contribution in [0.4, 0.5) is 17.6 Å². The van der Waals surface area contributed by atoms with Gasteiger partial charge in [0.15, 0.2) is 6.26 Å². The van der Waals surface area contributed by atoms with Crippen LogP contribution in [0.25, 0.3) is 0 Å². The lowest BCUT2D eigenvalue weighted by Gasteiger charge is -2.33. The van der Waals surface area contributed by atoms with Gasteiger partial charge in [-0.2, -0.15) is 17.6 Å². The fraction of sp³-hybridized carbons (Fsp3) is 0.619. The Hall–Kier alpha value is -1.72. The maximum Gasteiger partial charge on any atom is 0.400 e. The quantitative estimate of drug-likeness (QED) is 0.234. The zero-order valence-electron chi connectivity index (χ0n) is 15.7. The molecule has 0 N–H and O–H groups in total. The van der Waals surface area contributed by atoms with E-state index in [4.69, 9.17) is 4.74 Å². The summed E-state index contributed by atoms with van der Waals surface area (Å²) in [7, 11) is 0. The molecule has 0 radical (unpaired) electrons. The molecule has 0 unspecified atom stereocenters. The molecule has 1 aromatic carbocycles. The average Bonchev–Trinajstić information content (AvgIpc) is 2.65. The van der Waals surface area contributed by atoms with Gasteiger partial charge in [-0.15, -0.1) is 0 Å². The predicted molar refractivity (Wildman–Crippen MR) is 97.2 cm³/mol. The van der Waals surface area contributed by atoms with Crippen molar-refractivity contribution in [2.45, 2.75) is 70.8 Å². The van der Waals surface area contributed by atoms with Gasteiger partial charge in [-0.25, -0.2) is 0 Å². The smallest absolute Gasteiger partial charge is 0.400 e. The third kappa shape index (κ3) is 7.43. The first-order valence-corrected chi connectivity index (χ1v) is 9.75. The summed E-state index contributed by atoms with van der Waals surface area (Å²) >= 11 is 0. The standard InChI is InChI=1S/C21H28F4O2/c1-2-3-4-5-6-16-7-9-17(10-8-16)21(24,25)27-19-13-11-18(12-14-19)26-15-20(22)23/h11-17H,2-10H2,1H3. The Labute approximate surface area is 158 Å². The highest BCUT2D eigenvalue weighted by Gasteiger charge is 2.43.